The maximum atomic E-state index is 13.0. The fourth-order valence-electron chi connectivity index (χ4n) is 3.57. The lowest BCUT2D eigenvalue weighted by atomic mass is 10.0. The van der Waals surface area contributed by atoms with Crippen LogP contribution < -0.4 is 10.6 Å². The first-order valence-corrected chi connectivity index (χ1v) is 10.4. The number of amides is 2. The van der Waals surface area contributed by atoms with Gasteiger partial charge in [0.1, 0.15) is 0 Å². The van der Waals surface area contributed by atoms with Crippen LogP contribution in [0.3, 0.4) is 0 Å². The number of aromatic nitrogens is 4. The average molecular weight is 419 g/mol. The summed E-state index contributed by atoms with van der Waals surface area (Å²) in [5, 5.41) is 12.9. The van der Waals surface area contributed by atoms with Gasteiger partial charge in [-0.25, -0.2) is 9.97 Å². The summed E-state index contributed by atoms with van der Waals surface area (Å²) >= 11 is 0. The minimum atomic E-state index is -0.0527. The SMILES string of the molecule is CCC(=O)Nc1ccc(C(=O)N2CCC[C@@H](Nc3nccc(-c4cn[nH]c4)n3)C2)cc1. The van der Waals surface area contributed by atoms with Gasteiger partial charge in [0.05, 0.1) is 11.9 Å². The largest absolute Gasteiger partial charge is 0.350 e. The summed E-state index contributed by atoms with van der Waals surface area (Å²) in [7, 11) is 0. The van der Waals surface area contributed by atoms with Crippen LogP contribution >= 0.6 is 0 Å². The zero-order chi connectivity index (χ0) is 21.6. The second kappa shape index (κ2) is 9.38. The Morgan fingerprint density at radius 1 is 1.23 bits per heavy atom. The van der Waals surface area contributed by atoms with E-state index in [0.717, 1.165) is 24.1 Å². The van der Waals surface area contributed by atoms with Gasteiger partial charge >= 0.3 is 0 Å². The van der Waals surface area contributed by atoms with E-state index in [9.17, 15) is 9.59 Å². The molecule has 3 heterocycles. The number of hydrogen-bond acceptors (Lipinski definition) is 6. The van der Waals surface area contributed by atoms with Crippen molar-refractivity contribution in [3.63, 3.8) is 0 Å². The lowest BCUT2D eigenvalue weighted by Crippen LogP contribution is -2.45. The van der Waals surface area contributed by atoms with Gasteiger partial charge in [0.15, 0.2) is 0 Å². The Hall–Kier alpha value is -3.75. The minimum absolute atomic E-state index is 0.0204. The number of H-pyrrole nitrogens is 1. The number of piperidine rings is 1. The number of likely N-dealkylation sites (tertiary alicyclic amines) is 1. The third-order valence-corrected chi connectivity index (χ3v) is 5.23. The Morgan fingerprint density at radius 3 is 2.81 bits per heavy atom. The van der Waals surface area contributed by atoms with Gasteiger partial charge < -0.3 is 15.5 Å². The lowest BCUT2D eigenvalue weighted by molar-refractivity contribution is -0.115. The zero-order valence-electron chi connectivity index (χ0n) is 17.3. The van der Waals surface area contributed by atoms with Crippen LogP contribution in [0.15, 0.2) is 48.9 Å². The number of benzene rings is 1. The molecule has 0 radical (unpaired) electrons. The number of anilines is 2. The molecular formula is C22H25N7O2. The predicted octanol–water partition coefficient (Wildman–Crippen LogP) is 2.93. The Kier molecular flexibility index (Phi) is 6.21. The number of hydrogen-bond donors (Lipinski definition) is 3. The van der Waals surface area contributed by atoms with Gasteiger partial charge in [-0.05, 0) is 43.2 Å². The van der Waals surface area contributed by atoms with Crippen molar-refractivity contribution in [3.05, 3.63) is 54.5 Å². The molecule has 1 atom stereocenters. The first-order chi connectivity index (χ1) is 15.1. The molecule has 160 valence electrons. The number of nitrogens with one attached hydrogen (secondary N) is 3. The van der Waals surface area contributed by atoms with Crippen molar-refractivity contribution in [3.8, 4) is 11.3 Å². The summed E-state index contributed by atoms with van der Waals surface area (Å²) in [6.07, 6.45) is 7.46. The van der Waals surface area contributed by atoms with Crippen molar-refractivity contribution in [2.45, 2.75) is 32.2 Å². The summed E-state index contributed by atoms with van der Waals surface area (Å²) in [6, 6.07) is 8.93. The zero-order valence-corrected chi connectivity index (χ0v) is 17.3. The molecule has 4 rings (SSSR count). The van der Waals surface area contributed by atoms with Crippen LogP contribution in [-0.4, -0.2) is 56.0 Å². The van der Waals surface area contributed by atoms with Gasteiger partial charge in [0.25, 0.3) is 5.91 Å². The second-order valence-electron chi connectivity index (χ2n) is 7.47. The predicted molar refractivity (Wildman–Crippen MR) is 118 cm³/mol. The van der Waals surface area contributed by atoms with E-state index >= 15 is 0 Å². The molecule has 2 amide bonds. The lowest BCUT2D eigenvalue weighted by Gasteiger charge is -2.33. The highest BCUT2D eigenvalue weighted by Crippen LogP contribution is 2.20. The highest BCUT2D eigenvalue weighted by atomic mass is 16.2. The van der Waals surface area contributed by atoms with Crippen LogP contribution in [0.25, 0.3) is 11.3 Å². The Bertz CT molecular complexity index is 1030. The minimum Gasteiger partial charge on any atom is -0.350 e. The van der Waals surface area contributed by atoms with Crippen molar-refractivity contribution in [1.82, 2.24) is 25.1 Å². The van der Waals surface area contributed by atoms with Crippen molar-refractivity contribution in [1.29, 1.82) is 0 Å². The summed E-state index contributed by atoms with van der Waals surface area (Å²) in [5.41, 5.74) is 2.97. The number of aromatic amines is 1. The highest BCUT2D eigenvalue weighted by molar-refractivity contribution is 5.95. The normalized spacial score (nSPS) is 16.0. The van der Waals surface area contributed by atoms with E-state index in [0.29, 0.717) is 36.7 Å². The van der Waals surface area contributed by atoms with Gasteiger partial charge in [-0.3, -0.25) is 14.7 Å². The molecule has 0 spiro atoms. The Labute approximate surface area is 180 Å². The van der Waals surface area contributed by atoms with Gasteiger partial charge in [-0.15, -0.1) is 0 Å². The smallest absolute Gasteiger partial charge is 0.253 e. The Balaban J connectivity index is 1.39. The first-order valence-electron chi connectivity index (χ1n) is 10.4. The molecule has 1 aliphatic rings. The van der Waals surface area contributed by atoms with E-state index in [1.54, 1.807) is 49.8 Å². The highest BCUT2D eigenvalue weighted by Gasteiger charge is 2.25. The van der Waals surface area contributed by atoms with E-state index in [1.165, 1.54) is 0 Å². The standard InChI is InChI=1S/C22H25N7O2/c1-2-20(30)26-17-7-5-15(6-8-17)21(31)29-11-3-4-18(14-29)27-22-23-10-9-19(28-22)16-12-24-25-13-16/h5-10,12-13,18H,2-4,11,14H2,1H3,(H,24,25)(H,26,30)(H,23,27,28)/t18-/m1/s1. The van der Waals surface area contributed by atoms with E-state index in [-0.39, 0.29) is 17.9 Å². The van der Waals surface area contributed by atoms with Crippen LogP contribution in [0.1, 0.15) is 36.5 Å². The van der Waals surface area contributed by atoms with Crippen molar-refractivity contribution in [2.75, 3.05) is 23.7 Å². The van der Waals surface area contributed by atoms with E-state index in [1.807, 2.05) is 11.0 Å². The number of rotatable bonds is 6. The van der Waals surface area contributed by atoms with E-state index in [4.69, 9.17) is 0 Å². The summed E-state index contributed by atoms with van der Waals surface area (Å²) in [4.78, 5) is 35.2. The van der Waals surface area contributed by atoms with Crippen LogP contribution in [0, 0.1) is 0 Å². The molecule has 0 aliphatic carbocycles. The molecule has 0 unspecified atom stereocenters. The Morgan fingerprint density at radius 2 is 2.06 bits per heavy atom. The molecule has 1 fully saturated rings. The summed E-state index contributed by atoms with van der Waals surface area (Å²) in [6.45, 7) is 3.08. The fraction of sp³-hybridized carbons (Fsp3) is 0.318. The molecule has 1 aromatic carbocycles. The summed E-state index contributed by atoms with van der Waals surface area (Å²) in [5.74, 6) is 0.463. The fourth-order valence-corrected chi connectivity index (χ4v) is 3.57. The van der Waals surface area contributed by atoms with Gasteiger partial charge in [-0.1, -0.05) is 6.92 Å². The monoisotopic (exact) mass is 419 g/mol. The molecule has 3 N–H and O–H groups in total. The molecule has 0 saturated carbocycles. The van der Waals surface area contributed by atoms with Crippen LogP contribution in [0.5, 0.6) is 0 Å². The van der Waals surface area contributed by atoms with Crippen LogP contribution in [-0.2, 0) is 4.79 Å². The van der Waals surface area contributed by atoms with Crippen molar-refractivity contribution in [2.24, 2.45) is 0 Å². The van der Waals surface area contributed by atoms with Gasteiger partial charge in [0, 0.05) is 54.8 Å². The molecule has 2 aromatic heterocycles. The van der Waals surface area contributed by atoms with Crippen LogP contribution in [0.2, 0.25) is 0 Å². The van der Waals surface area contributed by atoms with E-state index < -0.39 is 0 Å². The maximum Gasteiger partial charge on any atom is 0.253 e. The number of nitrogens with zero attached hydrogens (tertiary/aromatic N) is 4. The molecule has 1 saturated heterocycles. The van der Waals surface area contributed by atoms with Gasteiger partial charge in [0.2, 0.25) is 11.9 Å². The maximum absolute atomic E-state index is 13.0. The molecule has 9 nitrogen and oxygen atoms in total. The molecule has 0 bridgehead atoms. The molecular weight excluding hydrogens is 394 g/mol. The second-order valence-corrected chi connectivity index (χ2v) is 7.47. The first kappa shape index (κ1) is 20.5. The number of carbonyl (C=O) groups is 2. The van der Waals surface area contributed by atoms with Crippen molar-refractivity contribution >= 4 is 23.5 Å². The average Bonchev–Trinajstić information content (AvgIpc) is 3.34. The quantitative estimate of drug-likeness (QED) is 0.566. The molecule has 31 heavy (non-hydrogen) atoms. The van der Waals surface area contributed by atoms with Crippen molar-refractivity contribution < 1.29 is 9.59 Å². The third kappa shape index (κ3) is 5.06. The molecule has 1 aliphatic heterocycles. The molecule has 9 heteroatoms. The van der Waals surface area contributed by atoms with Gasteiger partial charge in [-0.2, -0.15) is 5.10 Å². The summed E-state index contributed by atoms with van der Waals surface area (Å²) < 4.78 is 0. The van der Waals surface area contributed by atoms with E-state index in [2.05, 4.69) is 30.8 Å². The number of carbonyl (C=O) groups excluding carboxylic acids is 2. The molecule has 3 aromatic rings. The third-order valence-electron chi connectivity index (χ3n) is 5.23. The van der Waals surface area contributed by atoms with Crippen LogP contribution in [0.4, 0.5) is 11.6 Å². The topological polar surface area (TPSA) is 116 Å².